The molecule has 1 aliphatic heterocycles. The molecule has 2 aliphatic rings. The van der Waals surface area contributed by atoms with Crippen LogP contribution < -0.4 is 5.32 Å². The minimum absolute atomic E-state index is 0.0757. The number of aromatic nitrogens is 1. The molecule has 2 aromatic rings. The fraction of sp³-hybridized carbons (Fsp3) is 0.474. The monoisotopic (exact) mass is 361 g/mol. The summed E-state index contributed by atoms with van der Waals surface area (Å²) in [7, 11) is 0. The van der Waals surface area contributed by atoms with Crippen LogP contribution in [0, 0.1) is 11.6 Å². The molecule has 1 aromatic carbocycles. The van der Waals surface area contributed by atoms with Gasteiger partial charge in [-0.3, -0.25) is 4.79 Å². The molecule has 138 valence electrons. The molecule has 0 atom stereocenters. The number of piperidine rings is 1. The van der Waals surface area contributed by atoms with Crippen LogP contribution in [-0.2, 0) is 0 Å². The molecule has 1 saturated heterocycles. The van der Waals surface area contributed by atoms with E-state index in [2.05, 4.69) is 15.4 Å². The Morgan fingerprint density at radius 1 is 1.15 bits per heavy atom. The number of benzene rings is 1. The van der Waals surface area contributed by atoms with Crippen LogP contribution in [0.4, 0.5) is 8.78 Å². The SMILES string of the molecule is O=C(NC1CCN(C2CCC2)CC1)c1cc(-c2ccc(F)cc2F)on1. The van der Waals surface area contributed by atoms with Gasteiger partial charge < -0.3 is 14.7 Å². The summed E-state index contributed by atoms with van der Waals surface area (Å²) in [4.78, 5) is 14.9. The van der Waals surface area contributed by atoms with E-state index in [0.717, 1.165) is 44.1 Å². The maximum Gasteiger partial charge on any atom is 0.273 e. The molecule has 1 amide bonds. The minimum atomic E-state index is -0.753. The molecular weight excluding hydrogens is 340 g/mol. The van der Waals surface area contributed by atoms with Gasteiger partial charge in [0.25, 0.3) is 5.91 Å². The largest absolute Gasteiger partial charge is 0.355 e. The number of hydrogen-bond donors (Lipinski definition) is 1. The van der Waals surface area contributed by atoms with Crippen LogP contribution in [-0.4, -0.2) is 41.1 Å². The van der Waals surface area contributed by atoms with Gasteiger partial charge in [-0.1, -0.05) is 11.6 Å². The molecule has 2 fully saturated rings. The van der Waals surface area contributed by atoms with Crippen LogP contribution in [0.15, 0.2) is 28.8 Å². The standard InChI is InChI=1S/C19H21F2N3O2/c20-12-4-5-15(16(21)10-12)18-11-17(23-26-18)19(25)22-13-6-8-24(9-7-13)14-2-1-3-14/h4-5,10-11,13-14H,1-3,6-9H2,(H,22,25). The highest BCUT2D eigenvalue weighted by molar-refractivity contribution is 5.93. The predicted octanol–water partition coefficient (Wildman–Crippen LogP) is 3.37. The Labute approximate surface area is 150 Å². The summed E-state index contributed by atoms with van der Waals surface area (Å²) in [6, 6.07) is 5.40. The topological polar surface area (TPSA) is 58.4 Å². The normalized spacial score (nSPS) is 19.3. The van der Waals surface area contributed by atoms with E-state index >= 15 is 0 Å². The molecule has 0 unspecified atom stereocenters. The Bertz CT molecular complexity index is 796. The average molecular weight is 361 g/mol. The number of halogens is 2. The van der Waals surface area contributed by atoms with Crippen molar-refractivity contribution in [3.63, 3.8) is 0 Å². The van der Waals surface area contributed by atoms with E-state index in [-0.39, 0.29) is 29.0 Å². The lowest BCUT2D eigenvalue weighted by molar-refractivity contribution is 0.0795. The first-order valence-electron chi connectivity index (χ1n) is 9.07. The highest BCUT2D eigenvalue weighted by Gasteiger charge is 2.29. The summed E-state index contributed by atoms with van der Waals surface area (Å²) >= 11 is 0. The second kappa shape index (κ2) is 7.15. The Morgan fingerprint density at radius 2 is 1.92 bits per heavy atom. The van der Waals surface area contributed by atoms with Crippen molar-refractivity contribution in [2.75, 3.05) is 13.1 Å². The third kappa shape index (κ3) is 3.49. The van der Waals surface area contributed by atoms with Gasteiger partial charge in [-0.05, 0) is 37.8 Å². The van der Waals surface area contributed by atoms with Crippen LogP contribution in [0.25, 0.3) is 11.3 Å². The Balaban J connectivity index is 1.36. The van der Waals surface area contributed by atoms with Crippen molar-refractivity contribution in [2.45, 2.75) is 44.2 Å². The van der Waals surface area contributed by atoms with E-state index in [1.807, 2.05) is 0 Å². The van der Waals surface area contributed by atoms with E-state index in [0.29, 0.717) is 0 Å². The zero-order chi connectivity index (χ0) is 18.1. The van der Waals surface area contributed by atoms with E-state index < -0.39 is 11.6 Å². The fourth-order valence-corrected chi connectivity index (χ4v) is 3.62. The Kier molecular flexibility index (Phi) is 4.72. The maximum atomic E-state index is 13.8. The molecule has 7 heteroatoms. The Hall–Kier alpha value is -2.28. The van der Waals surface area contributed by atoms with Gasteiger partial charge in [-0.2, -0.15) is 0 Å². The van der Waals surface area contributed by atoms with Crippen molar-refractivity contribution in [1.82, 2.24) is 15.4 Å². The molecule has 1 saturated carbocycles. The van der Waals surface area contributed by atoms with Gasteiger partial charge in [0.2, 0.25) is 0 Å². The molecular formula is C19H21F2N3O2. The van der Waals surface area contributed by atoms with Crippen molar-refractivity contribution in [2.24, 2.45) is 0 Å². The molecule has 4 rings (SSSR count). The summed E-state index contributed by atoms with van der Waals surface area (Å²) < 4.78 is 31.9. The molecule has 0 radical (unpaired) electrons. The van der Waals surface area contributed by atoms with E-state index in [1.165, 1.54) is 31.4 Å². The highest BCUT2D eigenvalue weighted by Crippen LogP contribution is 2.28. The third-order valence-corrected chi connectivity index (χ3v) is 5.40. The van der Waals surface area contributed by atoms with Crippen LogP contribution in [0.1, 0.15) is 42.6 Å². The lowest BCUT2D eigenvalue weighted by Crippen LogP contribution is -2.49. The first-order chi connectivity index (χ1) is 12.6. The minimum Gasteiger partial charge on any atom is -0.355 e. The second-order valence-electron chi connectivity index (χ2n) is 7.07. The molecule has 5 nitrogen and oxygen atoms in total. The van der Waals surface area contributed by atoms with Crippen molar-refractivity contribution in [1.29, 1.82) is 0 Å². The number of amides is 1. The average Bonchev–Trinajstić information content (AvgIpc) is 3.05. The third-order valence-electron chi connectivity index (χ3n) is 5.40. The molecule has 1 aliphatic carbocycles. The number of nitrogens with one attached hydrogen (secondary N) is 1. The number of hydrogen-bond acceptors (Lipinski definition) is 4. The zero-order valence-corrected chi connectivity index (χ0v) is 14.4. The van der Waals surface area contributed by atoms with Crippen LogP contribution in [0.2, 0.25) is 0 Å². The Morgan fingerprint density at radius 3 is 2.58 bits per heavy atom. The molecule has 2 heterocycles. The first kappa shape index (κ1) is 17.1. The van der Waals surface area contributed by atoms with E-state index in [9.17, 15) is 13.6 Å². The quantitative estimate of drug-likeness (QED) is 0.907. The van der Waals surface area contributed by atoms with Gasteiger partial charge in [0, 0.05) is 37.3 Å². The fourth-order valence-electron chi connectivity index (χ4n) is 3.62. The van der Waals surface area contributed by atoms with E-state index in [4.69, 9.17) is 4.52 Å². The maximum absolute atomic E-state index is 13.8. The first-order valence-corrected chi connectivity index (χ1v) is 9.07. The van der Waals surface area contributed by atoms with Crippen molar-refractivity contribution >= 4 is 5.91 Å². The molecule has 0 spiro atoms. The predicted molar refractivity (Wildman–Crippen MR) is 91.6 cm³/mol. The summed E-state index contributed by atoms with van der Waals surface area (Å²) in [5.74, 6) is -1.65. The van der Waals surface area contributed by atoms with Crippen molar-refractivity contribution in [3.8, 4) is 11.3 Å². The molecule has 1 aromatic heterocycles. The molecule has 26 heavy (non-hydrogen) atoms. The van der Waals surface area contributed by atoms with Crippen molar-refractivity contribution in [3.05, 3.63) is 41.6 Å². The van der Waals surface area contributed by atoms with Gasteiger partial charge in [-0.25, -0.2) is 8.78 Å². The van der Waals surface area contributed by atoms with Gasteiger partial charge in [-0.15, -0.1) is 0 Å². The van der Waals surface area contributed by atoms with Crippen LogP contribution in [0.3, 0.4) is 0 Å². The van der Waals surface area contributed by atoms with Crippen molar-refractivity contribution < 1.29 is 18.1 Å². The van der Waals surface area contributed by atoms with Gasteiger partial charge in [0.1, 0.15) is 11.6 Å². The summed E-state index contributed by atoms with van der Waals surface area (Å²) in [6.45, 7) is 2.00. The smallest absolute Gasteiger partial charge is 0.273 e. The summed E-state index contributed by atoms with van der Waals surface area (Å²) in [5, 5.41) is 6.71. The van der Waals surface area contributed by atoms with E-state index in [1.54, 1.807) is 0 Å². The number of likely N-dealkylation sites (tertiary alicyclic amines) is 1. The number of carbonyl (C=O) groups is 1. The summed E-state index contributed by atoms with van der Waals surface area (Å²) in [6.07, 6.45) is 5.74. The number of nitrogens with zero attached hydrogens (tertiary/aromatic N) is 2. The second-order valence-corrected chi connectivity index (χ2v) is 7.07. The zero-order valence-electron chi connectivity index (χ0n) is 14.4. The summed E-state index contributed by atoms with van der Waals surface area (Å²) in [5.41, 5.74) is 0.178. The van der Waals surface area contributed by atoms with Gasteiger partial charge >= 0.3 is 0 Å². The van der Waals surface area contributed by atoms with Crippen LogP contribution >= 0.6 is 0 Å². The molecule has 0 bridgehead atoms. The molecule has 1 N–H and O–H groups in total. The lowest BCUT2D eigenvalue weighted by Gasteiger charge is -2.41. The highest BCUT2D eigenvalue weighted by atomic mass is 19.1. The van der Waals surface area contributed by atoms with Gasteiger partial charge in [0.05, 0.1) is 5.56 Å². The van der Waals surface area contributed by atoms with Crippen LogP contribution in [0.5, 0.6) is 0 Å². The lowest BCUT2D eigenvalue weighted by atomic mass is 9.89. The number of carbonyl (C=O) groups excluding carboxylic acids is 1. The van der Waals surface area contributed by atoms with Gasteiger partial charge in [0.15, 0.2) is 11.5 Å². The number of rotatable bonds is 4.